The van der Waals surface area contributed by atoms with E-state index in [1.807, 2.05) is 30.3 Å². The highest BCUT2D eigenvalue weighted by Gasteiger charge is 2.12. The Bertz CT molecular complexity index is 1010. The van der Waals surface area contributed by atoms with Gasteiger partial charge in [-0.2, -0.15) is 0 Å². The molecule has 0 aliphatic carbocycles. The van der Waals surface area contributed by atoms with Crippen LogP contribution < -0.4 is 4.74 Å². The predicted octanol–water partition coefficient (Wildman–Crippen LogP) is 4.14. The van der Waals surface area contributed by atoms with Crippen LogP contribution in [0.3, 0.4) is 0 Å². The molecule has 0 saturated carbocycles. The van der Waals surface area contributed by atoms with E-state index in [4.69, 9.17) is 9.47 Å². The molecule has 0 aliphatic heterocycles. The van der Waals surface area contributed by atoms with E-state index in [1.165, 1.54) is 24.3 Å². The van der Waals surface area contributed by atoms with Crippen LogP contribution >= 0.6 is 0 Å². The van der Waals surface area contributed by atoms with Crippen molar-refractivity contribution in [2.75, 3.05) is 6.61 Å². The van der Waals surface area contributed by atoms with Crippen LogP contribution in [0.25, 0.3) is 0 Å². The van der Waals surface area contributed by atoms with Crippen LogP contribution in [0.15, 0.2) is 78.9 Å². The Balaban J connectivity index is 1.45. The smallest absolute Gasteiger partial charge is 0.310 e. The van der Waals surface area contributed by atoms with E-state index in [2.05, 4.69) is 0 Å². The first kappa shape index (κ1) is 20.7. The number of ketones is 1. The van der Waals surface area contributed by atoms with Gasteiger partial charge in [-0.3, -0.25) is 19.7 Å². The van der Waals surface area contributed by atoms with Gasteiger partial charge in [-0.05, 0) is 35.4 Å². The lowest BCUT2D eigenvalue weighted by Crippen LogP contribution is -2.15. The zero-order valence-corrected chi connectivity index (χ0v) is 16.0. The lowest BCUT2D eigenvalue weighted by atomic mass is 10.1. The minimum atomic E-state index is -0.583. The quantitative estimate of drug-likeness (QED) is 0.230. The molecule has 0 radical (unpaired) electrons. The second kappa shape index (κ2) is 9.97. The normalized spacial score (nSPS) is 10.3. The first-order chi connectivity index (χ1) is 14.5. The summed E-state index contributed by atoms with van der Waals surface area (Å²) in [5.74, 6) is -0.285. The number of carbonyl (C=O) groups excluding carboxylic acids is 2. The number of nitrogens with zero attached hydrogens (tertiary/aromatic N) is 1. The fraction of sp³-hybridized carbons (Fsp3) is 0.130. The standard InChI is InChI=1S/C23H19NO6/c25-22(16-30-23(26)14-17-6-10-20(11-7-17)24(27)28)19-8-12-21(13-9-19)29-15-18-4-2-1-3-5-18/h1-13H,14-16H2. The maximum Gasteiger partial charge on any atom is 0.310 e. The largest absolute Gasteiger partial charge is 0.489 e. The lowest BCUT2D eigenvalue weighted by Gasteiger charge is -2.08. The zero-order chi connectivity index (χ0) is 21.3. The molecule has 0 heterocycles. The molecule has 152 valence electrons. The molecular formula is C23H19NO6. The third kappa shape index (κ3) is 6.00. The summed E-state index contributed by atoms with van der Waals surface area (Å²) in [6, 6.07) is 21.9. The number of non-ortho nitro benzene ring substituents is 1. The van der Waals surface area contributed by atoms with Gasteiger partial charge in [0.05, 0.1) is 11.3 Å². The summed E-state index contributed by atoms with van der Waals surface area (Å²) < 4.78 is 10.7. The molecule has 0 bridgehead atoms. The van der Waals surface area contributed by atoms with Gasteiger partial charge in [0.2, 0.25) is 0 Å². The highest BCUT2D eigenvalue weighted by atomic mass is 16.6. The Morgan fingerprint density at radius 1 is 0.833 bits per heavy atom. The number of nitro groups is 1. The van der Waals surface area contributed by atoms with Crippen LogP contribution in [0.4, 0.5) is 5.69 Å². The molecule has 3 aromatic carbocycles. The summed E-state index contributed by atoms with van der Waals surface area (Å²) in [7, 11) is 0. The molecule has 0 spiro atoms. The summed E-state index contributed by atoms with van der Waals surface area (Å²) >= 11 is 0. The first-order valence-corrected chi connectivity index (χ1v) is 9.20. The Hall–Kier alpha value is -4.00. The second-order valence-corrected chi connectivity index (χ2v) is 6.48. The maximum absolute atomic E-state index is 12.2. The fourth-order valence-corrected chi connectivity index (χ4v) is 2.66. The number of nitro benzene ring substituents is 1. The summed E-state index contributed by atoms with van der Waals surface area (Å²) in [5.41, 5.74) is 1.96. The molecule has 3 aromatic rings. The average molecular weight is 405 g/mol. The summed E-state index contributed by atoms with van der Waals surface area (Å²) in [5, 5.41) is 10.6. The Morgan fingerprint density at radius 3 is 2.13 bits per heavy atom. The molecule has 7 heteroatoms. The number of hydrogen-bond acceptors (Lipinski definition) is 6. The van der Waals surface area contributed by atoms with Crippen molar-refractivity contribution in [3.8, 4) is 5.75 Å². The van der Waals surface area contributed by atoms with E-state index < -0.39 is 10.9 Å². The second-order valence-electron chi connectivity index (χ2n) is 6.48. The number of hydrogen-bond donors (Lipinski definition) is 0. The number of Topliss-reactive ketones (excluding diaryl/α,β-unsaturated/α-hetero) is 1. The molecule has 3 rings (SSSR count). The highest BCUT2D eigenvalue weighted by molar-refractivity contribution is 5.98. The Morgan fingerprint density at radius 2 is 1.50 bits per heavy atom. The van der Waals surface area contributed by atoms with Crippen molar-refractivity contribution in [1.82, 2.24) is 0 Å². The molecule has 0 N–H and O–H groups in total. The van der Waals surface area contributed by atoms with Gasteiger partial charge in [0.25, 0.3) is 5.69 Å². The monoisotopic (exact) mass is 405 g/mol. The molecule has 0 atom stereocenters. The minimum absolute atomic E-state index is 0.0570. The zero-order valence-electron chi connectivity index (χ0n) is 16.0. The van der Waals surface area contributed by atoms with E-state index in [0.29, 0.717) is 23.5 Å². The molecule has 0 saturated heterocycles. The van der Waals surface area contributed by atoms with Gasteiger partial charge < -0.3 is 9.47 Å². The predicted molar refractivity (Wildman–Crippen MR) is 109 cm³/mol. The van der Waals surface area contributed by atoms with E-state index in [9.17, 15) is 19.7 Å². The van der Waals surface area contributed by atoms with Gasteiger partial charge >= 0.3 is 5.97 Å². The molecule has 0 aromatic heterocycles. The average Bonchev–Trinajstić information content (AvgIpc) is 2.77. The maximum atomic E-state index is 12.2. The van der Waals surface area contributed by atoms with E-state index in [-0.39, 0.29) is 24.5 Å². The number of esters is 1. The lowest BCUT2D eigenvalue weighted by molar-refractivity contribution is -0.384. The van der Waals surface area contributed by atoms with Gasteiger partial charge in [-0.15, -0.1) is 0 Å². The fourth-order valence-electron chi connectivity index (χ4n) is 2.66. The van der Waals surface area contributed by atoms with Crippen molar-refractivity contribution in [2.45, 2.75) is 13.0 Å². The van der Waals surface area contributed by atoms with Gasteiger partial charge in [0.1, 0.15) is 12.4 Å². The molecule has 7 nitrogen and oxygen atoms in total. The van der Waals surface area contributed by atoms with E-state index >= 15 is 0 Å². The molecular weight excluding hydrogens is 386 g/mol. The van der Waals surface area contributed by atoms with Gasteiger partial charge in [0.15, 0.2) is 12.4 Å². The number of ether oxygens (including phenoxy) is 2. The van der Waals surface area contributed by atoms with Crippen LogP contribution in [-0.4, -0.2) is 23.3 Å². The first-order valence-electron chi connectivity index (χ1n) is 9.20. The highest BCUT2D eigenvalue weighted by Crippen LogP contribution is 2.15. The SMILES string of the molecule is O=C(Cc1ccc([N+](=O)[O-])cc1)OCC(=O)c1ccc(OCc2ccccc2)cc1. The van der Waals surface area contributed by atoms with Crippen LogP contribution in [0.2, 0.25) is 0 Å². The molecule has 0 amide bonds. The number of benzene rings is 3. The Kier molecular flexibility index (Phi) is 6.89. The van der Waals surface area contributed by atoms with Crippen molar-refractivity contribution in [1.29, 1.82) is 0 Å². The summed E-state index contributed by atoms with van der Waals surface area (Å²) in [6.45, 7) is 0.0461. The van der Waals surface area contributed by atoms with Crippen molar-refractivity contribution >= 4 is 17.4 Å². The molecule has 0 unspecified atom stereocenters. The van der Waals surface area contributed by atoms with Crippen LogP contribution in [0.1, 0.15) is 21.5 Å². The Labute approximate surface area is 173 Å². The third-order valence-corrected chi connectivity index (χ3v) is 4.28. The van der Waals surface area contributed by atoms with Crippen molar-refractivity contribution in [3.63, 3.8) is 0 Å². The van der Waals surface area contributed by atoms with Crippen LogP contribution in [0.5, 0.6) is 5.75 Å². The molecule has 0 fully saturated rings. The minimum Gasteiger partial charge on any atom is -0.489 e. The van der Waals surface area contributed by atoms with Crippen LogP contribution in [-0.2, 0) is 22.6 Å². The topological polar surface area (TPSA) is 95.7 Å². The van der Waals surface area contributed by atoms with Crippen LogP contribution in [0, 0.1) is 10.1 Å². The van der Waals surface area contributed by atoms with Crippen molar-refractivity contribution in [3.05, 3.63) is 106 Å². The van der Waals surface area contributed by atoms with E-state index in [0.717, 1.165) is 5.56 Å². The molecule has 30 heavy (non-hydrogen) atoms. The number of rotatable bonds is 9. The van der Waals surface area contributed by atoms with Crippen molar-refractivity contribution < 1.29 is 24.0 Å². The van der Waals surface area contributed by atoms with Gasteiger partial charge in [-0.1, -0.05) is 42.5 Å². The van der Waals surface area contributed by atoms with Gasteiger partial charge in [-0.25, -0.2) is 0 Å². The van der Waals surface area contributed by atoms with Crippen molar-refractivity contribution in [2.24, 2.45) is 0 Å². The summed E-state index contributed by atoms with van der Waals surface area (Å²) in [4.78, 5) is 34.3. The van der Waals surface area contributed by atoms with Gasteiger partial charge in [0, 0.05) is 17.7 Å². The van der Waals surface area contributed by atoms with E-state index in [1.54, 1.807) is 24.3 Å². The molecule has 0 aliphatic rings. The summed E-state index contributed by atoms with van der Waals surface area (Å²) in [6.07, 6.45) is -0.0719. The number of carbonyl (C=O) groups is 2. The third-order valence-electron chi connectivity index (χ3n) is 4.28.